The van der Waals surface area contributed by atoms with E-state index in [1.807, 2.05) is 36.4 Å². The average molecular weight is 675 g/mol. The molecule has 1 fully saturated rings. The first-order valence-electron chi connectivity index (χ1n) is 18.0. The molecule has 0 aliphatic carbocycles. The largest absolute Gasteiger partial charge is 1.00 e. The van der Waals surface area contributed by atoms with E-state index in [4.69, 9.17) is 4.74 Å². The molecule has 3 aromatic carbocycles. The van der Waals surface area contributed by atoms with Crippen molar-refractivity contribution in [3.63, 3.8) is 0 Å². The normalized spacial score (nSPS) is 14.0. The van der Waals surface area contributed by atoms with Crippen molar-refractivity contribution in [1.29, 1.82) is 0 Å². The summed E-state index contributed by atoms with van der Waals surface area (Å²) in [4.78, 5) is 0. The van der Waals surface area contributed by atoms with Gasteiger partial charge in [0.25, 0.3) is 0 Å². The minimum Gasteiger partial charge on any atom is -0.393 e. The van der Waals surface area contributed by atoms with Gasteiger partial charge in [-0.15, -0.1) is 12.1 Å². The molecule has 0 radical (unpaired) electrons. The van der Waals surface area contributed by atoms with Crippen LogP contribution in [0.2, 0.25) is 0 Å². The van der Waals surface area contributed by atoms with E-state index in [1.54, 1.807) is 0 Å². The second-order valence-electron chi connectivity index (χ2n) is 12.3. The van der Waals surface area contributed by atoms with Crippen molar-refractivity contribution in [2.24, 2.45) is 11.8 Å². The van der Waals surface area contributed by atoms with Gasteiger partial charge in [-0.2, -0.15) is 37.5 Å². The van der Waals surface area contributed by atoms with Gasteiger partial charge in [0.15, 0.2) is 0 Å². The zero-order valence-corrected chi connectivity index (χ0v) is 32.7. The molecule has 5 atom stereocenters. The number of ether oxygens (including phenoxy) is 1. The van der Waals surface area contributed by atoms with Crippen LogP contribution in [0.1, 0.15) is 144 Å². The molecular formula is C46H76Li2O2. The number of unbranched alkanes of at least 4 members (excludes halogenated alkanes) is 1. The van der Waals surface area contributed by atoms with Gasteiger partial charge in [-0.3, -0.25) is 0 Å². The fraction of sp³-hybridized carbons (Fsp3) is 0.522. The third kappa shape index (κ3) is 33.5. The minimum absolute atomic E-state index is 0. The molecule has 0 saturated carbocycles. The topological polar surface area (TPSA) is 32.8 Å². The Kier molecular flexibility index (Phi) is 46.4. The third-order valence-corrected chi connectivity index (χ3v) is 8.24. The molecule has 4 heteroatoms. The van der Waals surface area contributed by atoms with Crippen LogP contribution >= 0.6 is 0 Å². The van der Waals surface area contributed by atoms with Gasteiger partial charge in [0.1, 0.15) is 0 Å². The Balaban J connectivity index is -0.000000180. The van der Waals surface area contributed by atoms with Gasteiger partial charge in [-0.05, 0) is 48.6 Å². The predicted molar refractivity (Wildman–Crippen MR) is 218 cm³/mol. The van der Waals surface area contributed by atoms with E-state index < -0.39 is 0 Å². The van der Waals surface area contributed by atoms with Gasteiger partial charge in [0, 0.05) is 0 Å². The standard InChI is InChI=1S/C16H26O.C12H17.C8H8.C4H8O.C4H9.2CH4.2Li/c1-4-13(3)11-15(12-16(17)5-2)14-9-7-6-8-10-14;1-3-11(2)9-10-12-7-5-4-6-8-12;1-2-8-6-4-3-5-7-8;1-2-4-3-5-4;1-3-4-2;;;;/h6-10,13,15-17H,4-5,11-12H2,1-3H3;4-8,10-11H,3,9H2,1-2H3;2-7H,1H2;4H,2-3H2,1H3;3H,4H2,1-2H3;2*1H4;;/q;-1;;;-1;;;2*+1. The molecule has 50 heavy (non-hydrogen) atoms. The first kappa shape index (κ1) is 57.7. The van der Waals surface area contributed by atoms with Crippen LogP contribution in [0.25, 0.3) is 6.08 Å². The maximum Gasteiger partial charge on any atom is 1.00 e. The van der Waals surface area contributed by atoms with Crippen LogP contribution in [-0.4, -0.2) is 23.9 Å². The number of hydrogen-bond acceptors (Lipinski definition) is 2. The Bertz CT molecular complexity index is 1030. The minimum atomic E-state index is -0.163. The quantitative estimate of drug-likeness (QED) is 0.107. The maximum atomic E-state index is 9.88. The van der Waals surface area contributed by atoms with E-state index in [1.165, 1.54) is 55.2 Å². The molecule has 1 heterocycles. The van der Waals surface area contributed by atoms with Crippen molar-refractivity contribution < 1.29 is 47.6 Å². The summed E-state index contributed by atoms with van der Waals surface area (Å²) in [5.74, 6) is 2.04. The first-order chi connectivity index (χ1) is 22.3. The molecule has 2 nitrogen and oxygen atoms in total. The molecular weight excluding hydrogens is 598 g/mol. The Labute approximate surface area is 337 Å². The molecule has 0 bridgehead atoms. The molecule has 274 valence electrons. The van der Waals surface area contributed by atoms with Crippen LogP contribution in [0.3, 0.4) is 0 Å². The van der Waals surface area contributed by atoms with E-state index in [2.05, 4.69) is 135 Å². The number of aliphatic hydroxyl groups is 1. The number of hydrogen-bond donors (Lipinski definition) is 1. The number of epoxide rings is 1. The average Bonchev–Trinajstić information content (AvgIpc) is 3.97. The van der Waals surface area contributed by atoms with Crippen molar-refractivity contribution in [3.8, 4) is 0 Å². The van der Waals surface area contributed by atoms with Crippen LogP contribution in [-0.2, 0) is 4.74 Å². The monoisotopic (exact) mass is 675 g/mol. The van der Waals surface area contributed by atoms with Crippen molar-refractivity contribution in [3.05, 3.63) is 127 Å². The summed E-state index contributed by atoms with van der Waals surface area (Å²) >= 11 is 0. The molecule has 1 saturated heterocycles. The van der Waals surface area contributed by atoms with Crippen LogP contribution in [0.4, 0.5) is 0 Å². The number of benzene rings is 3. The van der Waals surface area contributed by atoms with Gasteiger partial charge >= 0.3 is 37.7 Å². The molecule has 3 aromatic rings. The zero-order valence-electron chi connectivity index (χ0n) is 32.7. The summed E-state index contributed by atoms with van der Waals surface area (Å²) in [5.41, 5.74) is 3.89. The smallest absolute Gasteiger partial charge is 0.393 e. The summed E-state index contributed by atoms with van der Waals surface area (Å²) in [6, 6.07) is 31.2. The molecule has 0 spiro atoms. The molecule has 1 aliphatic heterocycles. The summed E-state index contributed by atoms with van der Waals surface area (Å²) in [6.45, 7) is 22.1. The van der Waals surface area contributed by atoms with Crippen molar-refractivity contribution >= 4 is 6.08 Å². The molecule has 1 aliphatic rings. The molecule has 1 N–H and O–H groups in total. The van der Waals surface area contributed by atoms with Crippen molar-refractivity contribution in [1.82, 2.24) is 0 Å². The summed E-state index contributed by atoms with van der Waals surface area (Å²) in [6.07, 6.45) is 15.7. The Morgan fingerprint density at radius 1 is 0.760 bits per heavy atom. The van der Waals surface area contributed by atoms with E-state index in [9.17, 15) is 5.11 Å². The SMILES string of the molecule is C.C.C=Cc1ccccc1.CCC(C)CC(CC(O)CC)c1ccccc1.CCC(C)C[CH-]c1ccccc1.CCC1CO1.C[CH-]CC.[Li+].[Li+]. The molecule has 4 rings (SSSR count). The molecule has 0 aromatic heterocycles. The molecule has 0 amide bonds. The second-order valence-corrected chi connectivity index (χ2v) is 12.3. The molecule has 5 unspecified atom stereocenters. The maximum absolute atomic E-state index is 9.88. The van der Waals surface area contributed by atoms with Gasteiger partial charge < -0.3 is 16.3 Å². The van der Waals surface area contributed by atoms with Crippen molar-refractivity contribution in [2.45, 2.75) is 140 Å². The third-order valence-electron chi connectivity index (χ3n) is 8.24. The van der Waals surface area contributed by atoms with E-state index in [0.717, 1.165) is 31.3 Å². The predicted octanol–water partition coefficient (Wildman–Crippen LogP) is 8.07. The van der Waals surface area contributed by atoms with Crippen molar-refractivity contribution in [2.75, 3.05) is 6.61 Å². The van der Waals surface area contributed by atoms with Crippen LogP contribution in [0.15, 0.2) is 97.6 Å². The van der Waals surface area contributed by atoms with Gasteiger partial charge in [-0.25, -0.2) is 0 Å². The summed E-state index contributed by atoms with van der Waals surface area (Å²) in [7, 11) is 0. The summed E-state index contributed by atoms with van der Waals surface area (Å²) < 4.78 is 4.86. The number of aliphatic hydroxyl groups excluding tert-OH is 1. The Hall–Kier alpha value is -1.62. The van der Waals surface area contributed by atoms with E-state index in [0.29, 0.717) is 12.0 Å². The van der Waals surface area contributed by atoms with Gasteiger partial charge in [0.2, 0.25) is 0 Å². The fourth-order valence-corrected chi connectivity index (χ4v) is 4.23. The van der Waals surface area contributed by atoms with Gasteiger partial charge in [0.05, 0.1) is 18.8 Å². The fourth-order valence-electron chi connectivity index (χ4n) is 4.23. The first-order valence-corrected chi connectivity index (χ1v) is 18.0. The zero-order chi connectivity index (χ0) is 34.4. The Morgan fingerprint density at radius 3 is 1.56 bits per heavy atom. The Morgan fingerprint density at radius 2 is 1.22 bits per heavy atom. The van der Waals surface area contributed by atoms with Crippen LogP contribution in [0, 0.1) is 24.7 Å². The van der Waals surface area contributed by atoms with E-state index in [-0.39, 0.29) is 58.7 Å². The summed E-state index contributed by atoms with van der Waals surface area (Å²) in [5, 5.41) is 9.88. The number of rotatable bonds is 14. The van der Waals surface area contributed by atoms with Crippen LogP contribution < -0.4 is 37.7 Å². The van der Waals surface area contributed by atoms with Crippen LogP contribution in [0.5, 0.6) is 0 Å². The van der Waals surface area contributed by atoms with E-state index >= 15 is 0 Å². The van der Waals surface area contributed by atoms with Gasteiger partial charge in [-0.1, -0.05) is 168 Å². The second kappa shape index (κ2) is 40.2.